The summed E-state index contributed by atoms with van der Waals surface area (Å²) in [5.74, 6) is -0.785. The van der Waals surface area contributed by atoms with Gasteiger partial charge in [-0.1, -0.05) is 10.8 Å². The number of hydrogen-bond acceptors (Lipinski definition) is 10. The molecule has 0 aromatic carbocycles. The molecule has 3 amide bonds. The van der Waals surface area contributed by atoms with Crippen LogP contribution < -0.4 is 15.8 Å². The number of hydrogen-bond donors (Lipinski definition) is 3. The fraction of sp³-hybridized carbons (Fsp3) is 0.500. The summed E-state index contributed by atoms with van der Waals surface area (Å²) in [5, 5.41) is 14.2. The molecule has 0 aromatic heterocycles. The first-order valence-corrected chi connectivity index (χ1v) is 14.7. The largest absolute Gasteiger partial charge is 0.356 e. The fourth-order valence-electron chi connectivity index (χ4n) is 2.74. The molecule has 0 spiro atoms. The highest BCUT2D eigenvalue weighted by Crippen LogP contribution is 2.49. The van der Waals surface area contributed by atoms with E-state index in [0.29, 0.717) is 13.0 Å². The van der Waals surface area contributed by atoms with E-state index in [1.165, 1.54) is 22.9 Å². The Morgan fingerprint density at radius 1 is 1.24 bits per heavy atom. The van der Waals surface area contributed by atoms with Crippen molar-refractivity contribution in [1.29, 1.82) is 0 Å². The van der Waals surface area contributed by atoms with Gasteiger partial charge in [-0.2, -0.15) is 5.08 Å². The van der Waals surface area contributed by atoms with Crippen molar-refractivity contribution in [3.05, 3.63) is 17.2 Å². The number of rotatable bonds is 8. The van der Waals surface area contributed by atoms with Gasteiger partial charge in [0.25, 0.3) is 11.8 Å². The Balaban J connectivity index is 1.36. The molecule has 4 N–H and O–H groups in total. The molecule has 160 valence electrons. The number of nitrogens with zero attached hydrogens (tertiary/aromatic N) is 1. The van der Waals surface area contributed by atoms with Gasteiger partial charge in [0.05, 0.1) is 10.4 Å². The standard InChI is InChI=1S/C16H21N4O4S5/c17-29-9-25-26-15-14(24)10(19-16(29)28-27-15)3-1-2-7-18-11(21)6-8-20-12(22)4-5-13(20)23/h4-5,9-10,15,19H,1-3,6-8,17H2,(H,18,21)/q-1. The summed E-state index contributed by atoms with van der Waals surface area (Å²) in [6, 6.07) is -0.258. The number of unbranched alkanes of at least 4 members (excludes halogenated alkanes) is 1. The first-order chi connectivity index (χ1) is 14.0. The Labute approximate surface area is 187 Å². The van der Waals surface area contributed by atoms with Gasteiger partial charge < -0.3 is 10.5 Å². The van der Waals surface area contributed by atoms with Crippen LogP contribution in [0.4, 0.5) is 0 Å². The molecule has 3 rings (SSSR count). The lowest BCUT2D eigenvalue weighted by Crippen LogP contribution is -2.40. The van der Waals surface area contributed by atoms with Crippen LogP contribution in [0.5, 0.6) is 0 Å². The number of amides is 3. The second kappa shape index (κ2) is 11.3. The van der Waals surface area contributed by atoms with Crippen molar-refractivity contribution in [1.82, 2.24) is 15.5 Å². The van der Waals surface area contributed by atoms with E-state index in [2.05, 4.69) is 10.6 Å². The van der Waals surface area contributed by atoms with E-state index in [-0.39, 0.29) is 47.1 Å². The Morgan fingerprint density at radius 3 is 2.76 bits per heavy atom. The second-order valence-corrected chi connectivity index (χ2v) is 13.1. The quantitative estimate of drug-likeness (QED) is 0.151. The van der Waals surface area contributed by atoms with E-state index >= 15 is 0 Å². The van der Waals surface area contributed by atoms with E-state index in [1.54, 1.807) is 32.4 Å². The van der Waals surface area contributed by atoms with Crippen LogP contribution in [0.1, 0.15) is 25.7 Å². The van der Waals surface area contributed by atoms with Crippen LogP contribution in [0.25, 0.3) is 0 Å². The van der Waals surface area contributed by atoms with E-state index in [1.807, 2.05) is 5.08 Å². The van der Waals surface area contributed by atoms with Crippen molar-refractivity contribution in [2.24, 2.45) is 5.14 Å². The molecule has 0 radical (unpaired) electrons. The fourth-order valence-corrected chi connectivity index (χ4v) is 11.4. The van der Waals surface area contributed by atoms with Crippen molar-refractivity contribution >= 4 is 81.7 Å². The predicted octanol–water partition coefficient (Wildman–Crippen LogP) is 1.58. The first-order valence-electron chi connectivity index (χ1n) is 8.89. The minimum absolute atomic E-state index is 0.0834. The molecule has 1 saturated heterocycles. The Hall–Kier alpha value is -0.440. The van der Waals surface area contributed by atoms with Crippen LogP contribution in [0, 0.1) is 5.08 Å². The van der Waals surface area contributed by atoms with Crippen LogP contribution >= 0.6 is 53.8 Å². The molecule has 0 aliphatic carbocycles. The van der Waals surface area contributed by atoms with Crippen molar-refractivity contribution < 1.29 is 19.2 Å². The second-order valence-electron chi connectivity index (χ2n) is 6.32. The summed E-state index contributed by atoms with van der Waals surface area (Å²) >= 11 is 0. The van der Waals surface area contributed by atoms with E-state index in [4.69, 9.17) is 5.14 Å². The number of carbonyl (C=O) groups is 4. The number of carbonyl (C=O) groups excluding carboxylic acids is 4. The lowest BCUT2D eigenvalue weighted by molar-refractivity contribution is -0.137. The van der Waals surface area contributed by atoms with E-state index < -0.39 is 10.7 Å². The van der Waals surface area contributed by atoms with Crippen LogP contribution in [0.15, 0.2) is 12.2 Å². The molecule has 3 aliphatic heterocycles. The molecule has 3 aliphatic rings. The van der Waals surface area contributed by atoms with Crippen LogP contribution in [-0.4, -0.2) is 56.4 Å². The Morgan fingerprint density at radius 2 is 2.00 bits per heavy atom. The molecule has 2 bridgehead atoms. The summed E-state index contributed by atoms with van der Waals surface area (Å²) in [6.07, 6.45) is 4.70. The SMILES string of the molecule is NS1=C2NC(CCCCNC(=O)CCN3C(=O)C=CC3=O)C(=O)C(SS[CH-]1)SS2. The smallest absolute Gasteiger partial charge is 0.253 e. The third-order valence-corrected chi connectivity index (χ3v) is 12.7. The van der Waals surface area contributed by atoms with Gasteiger partial charge in [0.15, 0.2) is 5.78 Å². The number of nitrogens with two attached hydrogens (primary N) is 1. The molecule has 13 heteroatoms. The van der Waals surface area contributed by atoms with Crippen molar-refractivity contribution in [3.8, 4) is 0 Å². The Bertz CT molecular complexity index is 742. The van der Waals surface area contributed by atoms with Gasteiger partial charge in [0.2, 0.25) is 5.91 Å². The van der Waals surface area contributed by atoms with E-state index in [9.17, 15) is 19.2 Å². The third-order valence-electron chi connectivity index (χ3n) is 4.28. The molecule has 0 aromatic rings. The van der Waals surface area contributed by atoms with Crippen LogP contribution in [0.3, 0.4) is 0 Å². The van der Waals surface area contributed by atoms with Crippen molar-refractivity contribution in [2.45, 2.75) is 36.3 Å². The Kier molecular flexibility index (Phi) is 9.02. The van der Waals surface area contributed by atoms with Crippen molar-refractivity contribution in [2.75, 3.05) is 13.1 Å². The maximum absolute atomic E-state index is 12.7. The molecule has 29 heavy (non-hydrogen) atoms. The zero-order chi connectivity index (χ0) is 20.8. The average Bonchev–Trinajstić information content (AvgIpc) is 2.94. The number of ketones is 1. The topological polar surface area (TPSA) is 122 Å². The summed E-state index contributed by atoms with van der Waals surface area (Å²) < 4.78 is 0.816. The number of Topliss-reactive ketones (excluding diaryl/α,β-unsaturated/α-hetero) is 1. The average molecular weight is 494 g/mol. The highest BCUT2D eigenvalue weighted by molar-refractivity contribution is 8.92. The molecule has 0 saturated carbocycles. The molecular formula is C16H21N4O4S5-. The van der Waals surface area contributed by atoms with Crippen molar-refractivity contribution in [3.63, 3.8) is 0 Å². The monoisotopic (exact) mass is 493 g/mol. The van der Waals surface area contributed by atoms with Gasteiger partial charge in [-0.25, -0.2) is 10.7 Å². The summed E-state index contributed by atoms with van der Waals surface area (Å²) in [6.45, 7) is 0.573. The summed E-state index contributed by atoms with van der Waals surface area (Å²) in [5.41, 5.74) is 0. The maximum atomic E-state index is 12.7. The van der Waals surface area contributed by atoms with Crippen LogP contribution in [0.2, 0.25) is 0 Å². The van der Waals surface area contributed by atoms with Gasteiger partial charge in [-0.15, -0.1) is 10.8 Å². The lowest BCUT2D eigenvalue weighted by Gasteiger charge is -2.22. The molecule has 1 fully saturated rings. The van der Waals surface area contributed by atoms with Gasteiger partial charge in [-0.3, -0.25) is 40.2 Å². The molecular weight excluding hydrogens is 473 g/mol. The van der Waals surface area contributed by atoms with Gasteiger partial charge >= 0.3 is 0 Å². The maximum Gasteiger partial charge on any atom is 0.253 e. The zero-order valence-corrected chi connectivity index (χ0v) is 19.4. The summed E-state index contributed by atoms with van der Waals surface area (Å²) in [7, 11) is 5.69. The number of fused-ring (bicyclic) bond motifs is 3. The zero-order valence-electron chi connectivity index (χ0n) is 15.3. The van der Waals surface area contributed by atoms with Gasteiger partial charge in [0.1, 0.15) is 4.58 Å². The minimum atomic E-state index is -0.490. The summed E-state index contributed by atoms with van der Waals surface area (Å²) in [4.78, 5) is 48.6. The molecule has 8 nitrogen and oxygen atoms in total. The highest BCUT2D eigenvalue weighted by atomic mass is 33.1. The number of nitrogens with one attached hydrogen (secondary N) is 2. The third kappa shape index (κ3) is 6.52. The van der Waals surface area contributed by atoms with Gasteiger partial charge in [-0.05, 0) is 30.1 Å². The normalized spacial score (nSPS) is 27.2. The van der Waals surface area contributed by atoms with Gasteiger partial charge in [0, 0.05) is 31.7 Å². The predicted molar refractivity (Wildman–Crippen MR) is 125 cm³/mol. The number of imide groups is 1. The molecule has 3 heterocycles. The molecule has 3 atom stereocenters. The lowest BCUT2D eigenvalue weighted by atomic mass is 10.1. The minimum Gasteiger partial charge on any atom is -0.356 e. The highest BCUT2D eigenvalue weighted by Gasteiger charge is 2.32. The molecule has 3 unspecified atom stereocenters. The van der Waals surface area contributed by atoms with Crippen LogP contribution in [-0.2, 0) is 19.2 Å². The van der Waals surface area contributed by atoms with E-state index in [0.717, 1.165) is 22.1 Å². The first kappa shape index (κ1) is 23.2.